The van der Waals surface area contributed by atoms with Crippen LogP contribution in [0.3, 0.4) is 0 Å². The van der Waals surface area contributed by atoms with Crippen LogP contribution in [0.2, 0.25) is 0 Å². The van der Waals surface area contributed by atoms with Gasteiger partial charge in [0, 0.05) is 12.2 Å². The Hall–Kier alpha value is -3.44. The van der Waals surface area contributed by atoms with E-state index < -0.39 is 6.04 Å². The number of amides is 2. The lowest BCUT2D eigenvalue weighted by Crippen LogP contribution is -2.50. The number of hydrogen-bond donors (Lipinski definition) is 4. The fourth-order valence-electron chi connectivity index (χ4n) is 4.36. The first-order chi connectivity index (χ1) is 14.9. The van der Waals surface area contributed by atoms with Crippen LogP contribution < -0.4 is 21.7 Å². The van der Waals surface area contributed by atoms with Gasteiger partial charge in [-0.25, -0.2) is 4.98 Å². The molecule has 0 unspecified atom stereocenters. The Labute approximate surface area is 181 Å². The van der Waals surface area contributed by atoms with Crippen LogP contribution in [0.25, 0.3) is 0 Å². The first-order valence-electron chi connectivity index (χ1n) is 10.5. The first kappa shape index (κ1) is 20.8. The topological polar surface area (TPSA) is 133 Å². The third-order valence-corrected chi connectivity index (χ3v) is 6.08. The highest BCUT2D eigenvalue weighted by molar-refractivity contribution is 5.90. The number of fused-ring (bicyclic) bond motifs is 1. The minimum atomic E-state index is -0.652. The SMILES string of the molecule is C[C@H](NC(=O)[C@H]1C[C@@H](c2cccc(C#N)c2)CN1)C(=O)N[C@@H]1CCc2nc(N)ccc21. The second-order valence-corrected chi connectivity index (χ2v) is 8.23. The molecule has 2 aromatic rings. The highest BCUT2D eigenvalue weighted by Gasteiger charge is 2.32. The molecule has 4 rings (SSSR count). The minimum absolute atomic E-state index is 0.114. The van der Waals surface area contributed by atoms with E-state index in [0.717, 1.165) is 29.7 Å². The van der Waals surface area contributed by atoms with Crippen LogP contribution in [0.4, 0.5) is 5.82 Å². The van der Waals surface area contributed by atoms with E-state index in [4.69, 9.17) is 11.0 Å². The fourth-order valence-corrected chi connectivity index (χ4v) is 4.36. The second-order valence-electron chi connectivity index (χ2n) is 8.23. The summed E-state index contributed by atoms with van der Waals surface area (Å²) in [7, 11) is 0. The maximum Gasteiger partial charge on any atom is 0.242 e. The van der Waals surface area contributed by atoms with Crippen molar-refractivity contribution in [2.45, 2.75) is 50.2 Å². The number of aryl methyl sites for hydroxylation is 1. The summed E-state index contributed by atoms with van der Waals surface area (Å²) in [5, 5.41) is 18.2. The van der Waals surface area contributed by atoms with Gasteiger partial charge in [-0.2, -0.15) is 5.26 Å². The van der Waals surface area contributed by atoms with E-state index in [1.54, 1.807) is 19.1 Å². The number of nitrogens with two attached hydrogens (primary N) is 1. The molecule has 0 spiro atoms. The molecular formula is C23H26N6O2. The molecule has 8 nitrogen and oxygen atoms in total. The zero-order valence-corrected chi connectivity index (χ0v) is 17.4. The molecule has 0 saturated carbocycles. The summed E-state index contributed by atoms with van der Waals surface area (Å²) >= 11 is 0. The fraction of sp³-hybridized carbons (Fsp3) is 0.391. The third kappa shape index (κ3) is 4.52. The molecule has 1 aromatic heterocycles. The molecule has 1 saturated heterocycles. The van der Waals surface area contributed by atoms with Crippen molar-refractivity contribution in [2.24, 2.45) is 0 Å². The zero-order valence-electron chi connectivity index (χ0n) is 17.4. The Balaban J connectivity index is 1.31. The van der Waals surface area contributed by atoms with Crippen LogP contribution in [0.15, 0.2) is 36.4 Å². The molecule has 2 amide bonds. The number of nitriles is 1. The van der Waals surface area contributed by atoms with E-state index in [2.05, 4.69) is 27.0 Å². The molecule has 4 atom stereocenters. The molecule has 1 aliphatic carbocycles. The number of nitrogens with zero attached hydrogens (tertiary/aromatic N) is 2. The largest absolute Gasteiger partial charge is 0.384 e. The molecule has 1 fully saturated rings. The highest BCUT2D eigenvalue weighted by atomic mass is 16.2. The summed E-state index contributed by atoms with van der Waals surface area (Å²) in [4.78, 5) is 29.7. The van der Waals surface area contributed by atoms with Gasteiger partial charge in [0.15, 0.2) is 0 Å². The van der Waals surface area contributed by atoms with Crippen molar-refractivity contribution in [3.05, 3.63) is 58.8 Å². The lowest BCUT2D eigenvalue weighted by Gasteiger charge is -2.20. The predicted molar refractivity (Wildman–Crippen MR) is 116 cm³/mol. The summed E-state index contributed by atoms with van der Waals surface area (Å²) in [6, 6.07) is 12.1. The van der Waals surface area contributed by atoms with E-state index in [1.165, 1.54) is 0 Å². The number of carbonyl (C=O) groups is 2. The number of benzene rings is 1. The van der Waals surface area contributed by atoms with E-state index in [9.17, 15) is 9.59 Å². The van der Waals surface area contributed by atoms with Gasteiger partial charge in [0.2, 0.25) is 11.8 Å². The van der Waals surface area contributed by atoms with Crippen molar-refractivity contribution in [2.75, 3.05) is 12.3 Å². The van der Waals surface area contributed by atoms with Crippen molar-refractivity contribution < 1.29 is 9.59 Å². The van der Waals surface area contributed by atoms with Crippen molar-refractivity contribution in [3.63, 3.8) is 0 Å². The molecule has 2 aliphatic rings. The summed E-state index contributed by atoms with van der Waals surface area (Å²) in [6.45, 7) is 2.34. The number of anilines is 1. The van der Waals surface area contributed by atoms with Crippen molar-refractivity contribution in [3.8, 4) is 6.07 Å². The molecule has 2 heterocycles. The lowest BCUT2D eigenvalue weighted by molar-refractivity contribution is -0.129. The average Bonchev–Trinajstić information content (AvgIpc) is 3.41. The van der Waals surface area contributed by atoms with E-state index in [-0.39, 0.29) is 29.8 Å². The molecule has 0 radical (unpaired) electrons. The number of nitrogens with one attached hydrogen (secondary N) is 3. The van der Waals surface area contributed by atoms with Crippen LogP contribution in [0.1, 0.15) is 54.1 Å². The summed E-state index contributed by atoms with van der Waals surface area (Å²) < 4.78 is 0. The smallest absolute Gasteiger partial charge is 0.242 e. The Morgan fingerprint density at radius 1 is 1.32 bits per heavy atom. The van der Waals surface area contributed by atoms with Gasteiger partial charge in [-0.15, -0.1) is 0 Å². The summed E-state index contributed by atoms with van der Waals surface area (Å²) in [6.07, 6.45) is 2.16. The zero-order chi connectivity index (χ0) is 22.0. The second kappa shape index (κ2) is 8.74. The van der Waals surface area contributed by atoms with Gasteiger partial charge in [-0.3, -0.25) is 9.59 Å². The minimum Gasteiger partial charge on any atom is -0.384 e. The number of aromatic nitrogens is 1. The molecule has 5 N–H and O–H groups in total. The van der Waals surface area contributed by atoms with Gasteiger partial charge in [0.25, 0.3) is 0 Å². The van der Waals surface area contributed by atoms with Crippen molar-refractivity contribution >= 4 is 17.6 Å². The molecule has 8 heteroatoms. The summed E-state index contributed by atoms with van der Waals surface area (Å²) in [5.41, 5.74) is 9.30. The van der Waals surface area contributed by atoms with Crippen LogP contribution in [0.5, 0.6) is 0 Å². The number of pyridine rings is 1. The monoisotopic (exact) mass is 418 g/mol. The number of nitrogen functional groups attached to an aromatic ring is 1. The Bertz CT molecular complexity index is 1050. The van der Waals surface area contributed by atoms with E-state index >= 15 is 0 Å². The lowest BCUT2D eigenvalue weighted by atomic mass is 9.95. The van der Waals surface area contributed by atoms with Crippen molar-refractivity contribution in [1.29, 1.82) is 5.26 Å². The number of hydrogen-bond acceptors (Lipinski definition) is 6. The normalized spacial score (nSPS) is 22.9. The first-order valence-corrected chi connectivity index (χ1v) is 10.5. The van der Waals surface area contributed by atoms with Gasteiger partial charge in [-0.1, -0.05) is 18.2 Å². The van der Waals surface area contributed by atoms with Crippen LogP contribution in [-0.2, 0) is 16.0 Å². The number of carbonyl (C=O) groups excluding carboxylic acids is 2. The Kier molecular flexibility index (Phi) is 5.87. The number of rotatable bonds is 5. The van der Waals surface area contributed by atoms with Gasteiger partial charge < -0.3 is 21.7 Å². The van der Waals surface area contributed by atoms with Gasteiger partial charge in [0.1, 0.15) is 11.9 Å². The maximum absolute atomic E-state index is 12.7. The van der Waals surface area contributed by atoms with Gasteiger partial charge in [-0.05, 0) is 61.4 Å². The molecule has 1 aromatic carbocycles. The Morgan fingerprint density at radius 3 is 2.97 bits per heavy atom. The van der Waals surface area contributed by atoms with E-state index in [1.807, 2.05) is 24.3 Å². The molecule has 160 valence electrons. The van der Waals surface area contributed by atoms with Gasteiger partial charge in [0.05, 0.1) is 23.7 Å². The molecule has 31 heavy (non-hydrogen) atoms. The van der Waals surface area contributed by atoms with Crippen LogP contribution in [0, 0.1) is 11.3 Å². The van der Waals surface area contributed by atoms with Gasteiger partial charge >= 0.3 is 0 Å². The van der Waals surface area contributed by atoms with Crippen molar-refractivity contribution in [1.82, 2.24) is 20.9 Å². The average molecular weight is 419 g/mol. The van der Waals surface area contributed by atoms with E-state index in [0.29, 0.717) is 24.3 Å². The molecule has 1 aliphatic heterocycles. The summed E-state index contributed by atoms with van der Waals surface area (Å²) in [5.74, 6) is 0.221. The maximum atomic E-state index is 12.7. The quantitative estimate of drug-likeness (QED) is 0.578. The highest BCUT2D eigenvalue weighted by Crippen LogP contribution is 2.30. The molecular weight excluding hydrogens is 392 g/mol. The third-order valence-electron chi connectivity index (χ3n) is 6.08. The van der Waals surface area contributed by atoms with Crippen LogP contribution in [-0.4, -0.2) is 35.4 Å². The molecule has 0 bridgehead atoms. The predicted octanol–water partition coefficient (Wildman–Crippen LogP) is 1.29. The standard InChI is InChI=1S/C23H26N6O2/c1-13(22(30)29-19-7-6-18-17(19)5-8-21(25)28-18)27-23(31)20-10-16(12-26-20)15-4-2-3-14(9-15)11-24/h2-5,8-9,13,16,19-20,26H,6-7,10,12H2,1H3,(H2,25,28)(H,27,31)(H,29,30)/t13-,16+,19+,20+/m0/s1. The Morgan fingerprint density at radius 2 is 2.16 bits per heavy atom. The van der Waals surface area contributed by atoms with Crippen LogP contribution >= 0.6 is 0 Å².